The van der Waals surface area contributed by atoms with Crippen molar-refractivity contribution in [3.63, 3.8) is 0 Å². The van der Waals surface area contributed by atoms with Crippen LogP contribution in [0.5, 0.6) is 0 Å². The molecule has 90 valence electrons. The highest BCUT2D eigenvalue weighted by atomic mass is 35.5. The third-order valence-corrected chi connectivity index (χ3v) is 2.34. The molecule has 0 radical (unpaired) electrons. The Kier molecular flexibility index (Phi) is 4.17. The minimum atomic E-state index is -0.802. The Bertz CT molecular complexity index is 486. The van der Waals surface area contributed by atoms with E-state index >= 15 is 0 Å². The van der Waals surface area contributed by atoms with Gasteiger partial charge in [-0.25, -0.2) is 4.79 Å². The van der Waals surface area contributed by atoms with Crippen molar-refractivity contribution < 1.29 is 19.2 Å². The summed E-state index contributed by atoms with van der Waals surface area (Å²) < 4.78 is 4.68. The lowest BCUT2D eigenvalue weighted by atomic mass is 10.1. The Labute approximate surface area is 101 Å². The maximum absolute atomic E-state index is 11.5. The van der Waals surface area contributed by atoms with E-state index in [-0.39, 0.29) is 28.4 Å². The van der Waals surface area contributed by atoms with Crippen molar-refractivity contribution in [3.05, 3.63) is 38.4 Å². The smallest absolute Gasteiger partial charge is 0.339 e. The summed E-state index contributed by atoms with van der Waals surface area (Å²) in [5.74, 6) is -0.802. The van der Waals surface area contributed by atoms with E-state index in [0.29, 0.717) is 6.29 Å². The van der Waals surface area contributed by atoms with Crippen molar-refractivity contribution in [2.24, 2.45) is 0 Å². The minimum Gasteiger partial charge on any atom is -0.462 e. The van der Waals surface area contributed by atoms with Crippen LogP contribution in [0.2, 0.25) is 5.02 Å². The molecule has 1 aromatic rings. The fourth-order valence-corrected chi connectivity index (χ4v) is 1.41. The number of nitro groups is 1. The molecule has 6 nitrogen and oxygen atoms in total. The van der Waals surface area contributed by atoms with E-state index in [0.717, 1.165) is 12.1 Å². The molecule has 0 aromatic heterocycles. The molecule has 0 N–H and O–H groups in total. The lowest BCUT2D eigenvalue weighted by molar-refractivity contribution is -0.384. The van der Waals surface area contributed by atoms with Gasteiger partial charge < -0.3 is 4.74 Å². The molecular weight excluding hydrogens is 250 g/mol. The second kappa shape index (κ2) is 5.40. The van der Waals surface area contributed by atoms with Crippen LogP contribution in [0.4, 0.5) is 5.69 Å². The predicted molar refractivity (Wildman–Crippen MR) is 59.5 cm³/mol. The molecule has 1 rings (SSSR count). The fourth-order valence-electron chi connectivity index (χ4n) is 1.18. The summed E-state index contributed by atoms with van der Waals surface area (Å²) in [5.41, 5.74) is -0.701. The van der Waals surface area contributed by atoms with E-state index < -0.39 is 10.9 Å². The second-order valence-electron chi connectivity index (χ2n) is 2.99. The van der Waals surface area contributed by atoms with Crippen LogP contribution in [-0.4, -0.2) is 23.8 Å². The van der Waals surface area contributed by atoms with Crippen molar-refractivity contribution in [3.8, 4) is 0 Å². The number of aldehydes is 1. The zero-order valence-electron chi connectivity index (χ0n) is 8.81. The molecule has 0 bridgehead atoms. The number of hydrogen-bond acceptors (Lipinski definition) is 5. The van der Waals surface area contributed by atoms with Crippen molar-refractivity contribution in [2.45, 2.75) is 6.92 Å². The van der Waals surface area contributed by atoms with Crippen LogP contribution in [0.15, 0.2) is 12.1 Å². The Morgan fingerprint density at radius 2 is 2.24 bits per heavy atom. The summed E-state index contributed by atoms with van der Waals surface area (Å²) in [6, 6.07) is 1.98. The van der Waals surface area contributed by atoms with Gasteiger partial charge >= 0.3 is 5.97 Å². The quantitative estimate of drug-likeness (QED) is 0.357. The van der Waals surface area contributed by atoms with E-state index in [9.17, 15) is 19.7 Å². The van der Waals surface area contributed by atoms with Gasteiger partial charge in [0, 0.05) is 17.7 Å². The van der Waals surface area contributed by atoms with Crippen LogP contribution in [0.1, 0.15) is 27.6 Å². The monoisotopic (exact) mass is 257 g/mol. The van der Waals surface area contributed by atoms with Gasteiger partial charge in [-0.15, -0.1) is 0 Å². The first-order chi connectivity index (χ1) is 8.01. The minimum absolute atomic E-state index is 0.105. The summed E-state index contributed by atoms with van der Waals surface area (Å²) in [4.78, 5) is 32.0. The number of carbonyl (C=O) groups is 2. The molecular formula is C10H8ClNO5. The lowest BCUT2D eigenvalue weighted by Crippen LogP contribution is -2.07. The van der Waals surface area contributed by atoms with Crippen LogP contribution in [0.3, 0.4) is 0 Å². The van der Waals surface area contributed by atoms with Gasteiger partial charge in [0.1, 0.15) is 0 Å². The van der Waals surface area contributed by atoms with Crippen molar-refractivity contribution in [2.75, 3.05) is 6.61 Å². The average Bonchev–Trinajstić information content (AvgIpc) is 2.29. The van der Waals surface area contributed by atoms with Gasteiger partial charge in [-0.05, 0) is 6.92 Å². The topological polar surface area (TPSA) is 86.5 Å². The van der Waals surface area contributed by atoms with Gasteiger partial charge in [0.2, 0.25) is 0 Å². The van der Waals surface area contributed by atoms with E-state index in [1.807, 2.05) is 0 Å². The number of carbonyl (C=O) groups excluding carboxylic acids is 2. The fraction of sp³-hybridized carbons (Fsp3) is 0.200. The van der Waals surface area contributed by atoms with Gasteiger partial charge in [0.25, 0.3) is 5.69 Å². The molecule has 0 aliphatic carbocycles. The summed E-state index contributed by atoms with van der Waals surface area (Å²) in [6.07, 6.45) is 0.345. The number of hydrogen-bond donors (Lipinski definition) is 0. The third-order valence-electron chi connectivity index (χ3n) is 1.92. The summed E-state index contributed by atoms with van der Waals surface area (Å²) in [6.45, 7) is 1.69. The van der Waals surface area contributed by atoms with E-state index in [1.165, 1.54) is 0 Å². The molecule has 0 unspecified atom stereocenters. The number of rotatable bonds is 4. The maximum Gasteiger partial charge on any atom is 0.339 e. The molecule has 1 aromatic carbocycles. The Balaban J connectivity index is 3.37. The highest BCUT2D eigenvalue weighted by molar-refractivity contribution is 6.36. The molecule has 0 saturated carbocycles. The van der Waals surface area contributed by atoms with Crippen LogP contribution < -0.4 is 0 Å². The number of esters is 1. The molecule has 7 heteroatoms. The Hall–Kier alpha value is -1.95. The molecule has 0 aliphatic rings. The van der Waals surface area contributed by atoms with Gasteiger partial charge in [-0.2, -0.15) is 0 Å². The zero-order chi connectivity index (χ0) is 13.0. The first kappa shape index (κ1) is 13.1. The Morgan fingerprint density at radius 1 is 1.59 bits per heavy atom. The summed E-state index contributed by atoms with van der Waals surface area (Å²) >= 11 is 5.76. The summed E-state index contributed by atoms with van der Waals surface area (Å²) in [7, 11) is 0. The predicted octanol–water partition coefficient (Wildman–Crippen LogP) is 2.24. The van der Waals surface area contributed by atoms with Gasteiger partial charge in [0.15, 0.2) is 6.29 Å². The molecule has 0 aliphatic heterocycles. The van der Waals surface area contributed by atoms with E-state index in [4.69, 9.17) is 11.6 Å². The van der Waals surface area contributed by atoms with Crippen LogP contribution in [0.25, 0.3) is 0 Å². The number of halogens is 1. The lowest BCUT2D eigenvalue weighted by Gasteiger charge is -2.05. The van der Waals surface area contributed by atoms with Crippen molar-refractivity contribution in [1.82, 2.24) is 0 Å². The SMILES string of the molecule is CCOC(=O)c1cc([N+](=O)[O-])cc(C=O)c1Cl. The largest absolute Gasteiger partial charge is 0.462 e. The number of nitrogens with zero attached hydrogens (tertiary/aromatic N) is 1. The second-order valence-corrected chi connectivity index (χ2v) is 3.37. The Morgan fingerprint density at radius 3 is 2.71 bits per heavy atom. The van der Waals surface area contributed by atoms with Crippen LogP contribution in [0, 0.1) is 10.1 Å². The maximum atomic E-state index is 11.5. The number of ether oxygens (including phenoxy) is 1. The zero-order valence-corrected chi connectivity index (χ0v) is 9.56. The molecule has 0 atom stereocenters. The molecule has 0 fully saturated rings. The standard InChI is InChI=1S/C10H8ClNO5/c1-2-17-10(14)8-4-7(12(15)16)3-6(5-13)9(8)11/h3-5H,2H2,1H3. The molecule has 17 heavy (non-hydrogen) atoms. The normalized spacial score (nSPS) is 9.76. The van der Waals surface area contributed by atoms with E-state index in [2.05, 4.69) is 4.74 Å². The van der Waals surface area contributed by atoms with Crippen molar-refractivity contribution >= 4 is 29.5 Å². The molecule has 0 saturated heterocycles. The van der Waals surface area contributed by atoms with Gasteiger partial charge in [-0.3, -0.25) is 14.9 Å². The first-order valence-electron chi connectivity index (χ1n) is 4.61. The number of benzene rings is 1. The van der Waals surface area contributed by atoms with Crippen LogP contribution in [-0.2, 0) is 4.74 Å². The highest BCUT2D eigenvalue weighted by Crippen LogP contribution is 2.26. The van der Waals surface area contributed by atoms with Gasteiger partial charge in [0.05, 0.1) is 22.1 Å². The first-order valence-corrected chi connectivity index (χ1v) is 4.99. The number of nitro benzene ring substituents is 1. The average molecular weight is 258 g/mol. The highest BCUT2D eigenvalue weighted by Gasteiger charge is 2.20. The third kappa shape index (κ3) is 2.79. The molecule has 0 heterocycles. The summed E-state index contributed by atoms with van der Waals surface area (Å²) in [5, 5.41) is 10.5. The molecule has 0 spiro atoms. The van der Waals surface area contributed by atoms with Crippen molar-refractivity contribution in [1.29, 1.82) is 0 Å². The molecule has 0 amide bonds. The van der Waals surface area contributed by atoms with E-state index in [1.54, 1.807) is 6.92 Å². The number of non-ortho nitro benzene ring substituents is 1. The van der Waals surface area contributed by atoms with Gasteiger partial charge in [-0.1, -0.05) is 11.6 Å². The van der Waals surface area contributed by atoms with Crippen LogP contribution >= 0.6 is 11.6 Å².